The zero-order valence-electron chi connectivity index (χ0n) is 13.6. The van der Waals surface area contributed by atoms with Crippen molar-refractivity contribution < 1.29 is 21.9 Å². The third kappa shape index (κ3) is 4.20. The van der Waals surface area contributed by atoms with E-state index in [0.29, 0.717) is 22.4 Å². The lowest BCUT2D eigenvalue weighted by Crippen LogP contribution is -2.06. The molecule has 2 heterocycles. The maximum absolute atomic E-state index is 12.1. The third-order valence-corrected chi connectivity index (χ3v) is 4.60. The Bertz CT molecular complexity index is 1030. The molecule has 0 aliphatic heterocycles. The first-order valence-electron chi connectivity index (χ1n) is 7.41. The highest BCUT2D eigenvalue weighted by atomic mass is 32.2. The first-order valence-corrected chi connectivity index (χ1v) is 9.30. The number of halogens is 2. The Morgan fingerprint density at radius 2 is 1.96 bits per heavy atom. The number of benzene rings is 1. The Kier molecular flexibility index (Phi) is 4.94. The van der Waals surface area contributed by atoms with E-state index in [1.165, 1.54) is 36.8 Å². The molecule has 0 spiro atoms. The Morgan fingerprint density at radius 1 is 1.15 bits per heavy atom. The smallest absolute Gasteiger partial charge is 0.387 e. The zero-order valence-corrected chi connectivity index (χ0v) is 14.4. The fourth-order valence-corrected chi connectivity index (χ4v) is 2.92. The van der Waals surface area contributed by atoms with Gasteiger partial charge in [0.25, 0.3) is 0 Å². The van der Waals surface area contributed by atoms with Crippen molar-refractivity contribution in [2.45, 2.75) is 18.1 Å². The van der Waals surface area contributed by atoms with E-state index in [4.69, 9.17) is 0 Å². The summed E-state index contributed by atoms with van der Waals surface area (Å²) in [6.07, 6.45) is 3.68. The molecule has 10 heteroatoms. The quantitative estimate of drug-likeness (QED) is 0.702. The van der Waals surface area contributed by atoms with Gasteiger partial charge >= 0.3 is 6.61 Å². The van der Waals surface area contributed by atoms with Crippen LogP contribution in [0.4, 0.5) is 14.6 Å². The van der Waals surface area contributed by atoms with Gasteiger partial charge in [-0.3, -0.25) is 4.98 Å². The standard InChI is InChI=1S/C16H14F2N4O3S/c1-26(23,24)12-4-5-14-13(6-12)15(22-9-21-14)20-7-10-2-3-11(8-19-10)25-16(17)18/h2-6,8-9,16H,7H2,1H3,(H,20,21,22). The van der Waals surface area contributed by atoms with Crippen molar-refractivity contribution >= 4 is 26.6 Å². The van der Waals surface area contributed by atoms with Crippen LogP contribution in [0.15, 0.2) is 47.8 Å². The van der Waals surface area contributed by atoms with E-state index in [2.05, 4.69) is 25.0 Å². The van der Waals surface area contributed by atoms with Crippen molar-refractivity contribution in [2.75, 3.05) is 11.6 Å². The zero-order chi connectivity index (χ0) is 18.7. The molecule has 0 radical (unpaired) electrons. The molecule has 0 saturated carbocycles. The topological polar surface area (TPSA) is 94.1 Å². The number of fused-ring (bicyclic) bond motifs is 1. The number of nitrogens with zero attached hydrogens (tertiary/aromatic N) is 3. The van der Waals surface area contributed by atoms with Crippen LogP contribution in [-0.4, -0.2) is 36.2 Å². The molecule has 0 atom stereocenters. The van der Waals surface area contributed by atoms with E-state index in [0.717, 1.165) is 6.26 Å². The second kappa shape index (κ2) is 7.16. The van der Waals surface area contributed by atoms with Crippen molar-refractivity contribution in [1.82, 2.24) is 15.0 Å². The lowest BCUT2D eigenvalue weighted by molar-refractivity contribution is -0.0500. The lowest BCUT2D eigenvalue weighted by atomic mass is 10.2. The van der Waals surface area contributed by atoms with Gasteiger partial charge in [-0.25, -0.2) is 18.4 Å². The van der Waals surface area contributed by atoms with E-state index < -0.39 is 16.4 Å². The predicted octanol–water partition coefficient (Wildman–Crippen LogP) is 2.64. The molecule has 0 aliphatic carbocycles. The van der Waals surface area contributed by atoms with Gasteiger partial charge in [0.05, 0.1) is 28.8 Å². The van der Waals surface area contributed by atoms with Gasteiger partial charge in [0, 0.05) is 11.6 Å². The van der Waals surface area contributed by atoms with Crippen LogP contribution in [0.5, 0.6) is 5.75 Å². The van der Waals surface area contributed by atoms with Crippen LogP contribution in [0.2, 0.25) is 0 Å². The molecule has 26 heavy (non-hydrogen) atoms. The fourth-order valence-electron chi connectivity index (χ4n) is 2.27. The number of rotatable bonds is 6. The summed E-state index contributed by atoms with van der Waals surface area (Å²) in [4.78, 5) is 12.4. The number of hydrogen-bond acceptors (Lipinski definition) is 7. The van der Waals surface area contributed by atoms with Gasteiger partial charge in [0.15, 0.2) is 9.84 Å². The van der Waals surface area contributed by atoms with Crippen LogP contribution >= 0.6 is 0 Å². The third-order valence-electron chi connectivity index (χ3n) is 3.49. The van der Waals surface area contributed by atoms with Gasteiger partial charge in [-0.1, -0.05) is 0 Å². The van der Waals surface area contributed by atoms with E-state index in [1.54, 1.807) is 6.07 Å². The summed E-state index contributed by atoms with van der Waals surface area (Å²) in [7, 11) is -3.36. The summed E-state index contributed by atoms with van der Waals surface area (Å²) < 4.78 is 52.0. The molecular weight excluding hydrogens is 366 g/mol. The van der Waals surface area contributed by atoms with Crippen LogP contribution in [0.1, 0.15) is 5.69 Å². The number of anilines is 1. The molecule has 3 aromatic rings. The molecule has 7 nitrogen and oxygen atoms in total. The van der Waals surface area contributed by atoms with E-state index >= 15 is 0 Å². The van der Waals surface area contributed by atoms with E-state index in [-0.39, 0.29) is 17.2 Å². The molecular formula is C16H14F2N4O3S. The summed E-state index contributed by atoms with van der Waals surface area (Å²) in [6, 6.07) is 7.51. The first kappa shape index (κ1) is 17.9. The molecule has 0 unspecified atom stereocenters. The van der Waals surface area contributed by atoms with Gasteiger partial charge in [0.1, 0.15) is 17.9 Å². The average molecular weight is 380 g/mol. The van der Waals surface area contributed by atoms with Gasteiger partial charge in [0.2, 0.25) is 0 Å². The molecule has 0 bridgehead atoms. The molecule has 2 aromatic heterocycles. The largest absolute Gasteiger partial charge is 0.433 e. The summed E-state index contributed by atoms with van der Waals surface area (Å²) in [5.74, 6) is 0.407. The predicted molar refractivity (Wildman–Crippen MR) is 90.8 cm³/mol. The molecule has 0 aliphatic rings. The number of nitrogens with one attached hydrogen (secondary N) is 1. The van der Waals surface area contributed by atoms with Crippen molar-refractivity contribution in [1.29, 1.82) is 0 Å². The Labute approximate surface area is 148 Å². The SMILES string of the molecule is CS(=O)(=O)c1ccc2ncnc(NCc3ccc(OC(F)F)cn3)c2c1. The second-order valence-electron chi connectivity index (χ2n) is 5.39. The molecule has 1 aromatic carbocycles. The van der Waals surface area contributed by atoms with Crippen LogP contribution in [-0.2, 0) is 16.4 Å². The van der Waals surface area contributed by atoms with Crippen LogP contribution < -0.4 is 10.1 Å². The van der Waals surface area contributed by atoms with Gasteiger partial charge in [-0.15, -0.1) is 0 Å². The van der Waals surface area contributed by atoms with Crippen LogP contribution in [0, 0.1) is 0 Å². The Morgan fingerprint density at radius 3 is 2.62 bits per heavy atom. The molecule has 136 valence electrons. The molecule has 0 amide bonds. The maximum atomic E-state index is 12.1. The van der Waals surface area contributed by atoms with Crippen LogP contribution in [0.25, 0.3) is 10.9 Å². The summed E-state index contributed by atoms with van der Waals surface area (Å²) in [5.41, 5.74) is 1.15. The van der Waals surface area contributed by atoms with Crippen molar-refractivity contribution in [3.05, 3.63) is 48.5 Å². The molecule has 3 rings (SSSR count). The first-order chi connectivity index (χ1) is 12.3. The summed E-state index contributed by atoms with van der Waals surface area (Å²) in [5, 5.41) is 3.59. The normalized spacial score (nSPS) is 11.7. The number of aromatic nitrogens is 3. The number of pyridine rings is 1. The Balaban J connectivity index is 1.82. The highest BCUT2D eigenvalue weighted by molar-refractivity contribution is 7.90. The number of sulfone groups is 1. The minimum absolute atomic E-state index is 0.0333. The van der Waals surface area contributed by atoms with Gasteiger partial charge in [-0.2, -0.15) is 8.78 Å². The molecule has 1 N–H and O–H groups in total. The highest BCUT2D eigenvalue weighted by Gasteiger charge is 2.11. The monoisotopic (exact) mass is 380 g/mol. The van der Waals surface area contributed by atoms with E-state index in [1.807, 2.05) is 0 Å². The minimum atomic E-state index is -3.36. The maximum Gasteiger partial charge on any atom is 0.387 e. The van der Waals surface area contributed by atoms with Crippen molar-refractivity contribution in [3.63, 3.8) is 0 Å². The van der Waals surface area contributed by atoms with Gasteiger partial charge in [-0.05, 0) is 30.3 Å². The average Bonchev–Trinajstić information content (AvgIpc) is 2.59. The highest BCUT2D eigenvalue weighted by Crippen LogP contribution is 2.23. The number of hydrogen-bond donors (Lipinski definition) is 1. The number of alkyl halides is 2. The minimum Gasteiger partial charge on any atom is -0.433 e. The fraction of sp³-hybridized carbons (Fsp3) is 0.188. The second-order valence-corrected chi connectivity index (χ2v) is 7.41. The summed E-state index contributed by atoms with van der Waals surface area (Å²) >= 11 is 0. The molecule has 0 saturated heterocycles. The number of ether oxygens (including phenoxy) is 1. The Hall–Kier alpha value is -2.88. The lowest BCUT2D eigenvalue weighted by Gasteiger charge is -2.09. The summed E-state index contributed by atoms with van der Waals surface area (Å²) in [6.45, 7) is -2.65. The van der Waals surface area contributed by atoms with E-state index in [9.17, 15) is 17.2 Å². The van der Waals surface area contributed by atoms with Crippen molar-refractivity contribution in [2.24, 2.45) is 0 Å². The van der Waals surface area contributed by atoms with Crippen LogP contribution in [0.3, 0.4) is 0 Å². The van der Waals surface area contributed by atoms with Crippen molar-refractivity contribution in [3.8, 4) is 5.75 Å². The van der Waals surface area contributed by atoms with Gasteiger partial charge < -0.3 is 10.1 Å². The molecule has 0 fully saturated rings.